The average Bonchev–Trinajstić information content (AvgIpc) is 3.21. The third-order valence-electron chi connectivity index (χ3n) is 5.06. The molecule has 1 heterocycles. The van der Waals surface area contributed by atoms with Gasteiger partial charge < -0.3 is 15.1 Å². The highest BCUT2D eigenvalue weighted by Gasteiger charge is 2.18. The maximum atomic E-state index is 13.0. The number of aromatic nitrogens is 1. The topological polar surface area (TPSA) is 126 Å². The Bertz CT molecular complexity index is 1310. The fourth-order valence-corrected chi connectivity index (χ4v) is 4.26. The molecule has 0 unspecified atom stereocenters. The second kappa shape index (κ2) is 11.4. The molecule has 0 bridgehead atoms. The van der Waals surface area contributed by atoms with E-state index in [1.807, 2.05) is 0 Å². The zero-order valence-electron chi connectivity index (χ0n) is 20.2. The second-order valence-corrected chi connectivity index (χ2v) is 9.21. The molecule has 1 N–H and O–H groups in total. The van der Waals surface area contributed by atoms with Gasteiger partial charge in [-0.2, -0.15) is 0 Å². The van der Waals surface area contributed by atoms with Crippen LogP contribution in [0.25, 0.3) is 12.2 Å². The molecule has 186 valence electrons. The van der Waals surface area contributed by atoms with E-state index in [-0.39, 0.29) is 30.0 Å². The zero-order valence-corrected chi connectivity index (χ0v) is 21.0. The van der Waals surface area contributed by atoms with Gasteiger partial charge in [-0.1, -0.05) is 17.4 Å². The van der Waals surface area contributed by atoms with Crippen LogP contribution in [0.15, 0.2) is 48.5 Å². The number of anilines is 1. The van der Waals surface area contributed by atoms with Gasteiger partial charge in [-0.25, -0.2) is 4.98 Å². The molecule has 0 aliphatic heterocycles. The Morgan fingerprint density at radius 2 is 1.56 bits per heavy atom. The quantitative estimate of drug-likeness (QED) is 0.361. The van der Waals surface area contributed by atoms with Crippen LogP contribution in [0.3, 0.4) is 0 Å². The van der Waals surface area contributed by atoms with E-state index in [0.29, 0.717) is 22.0 Å². The molecule has 36 heavy (non-hydrogen) atoms. The second-order valence-electron chi connectivity index (χ2n) is 8.13. The first kappa shape index (κ1) is 26.2. The van der Waals surface area contributed by atoms with Crippen molar-refractivity contribution in [3.05, 3.63) is 85.9 Å². The molecule has 0 saturated carbocycles. The van der Waals surface area contributed by atoms with Gasteiger partial charge in [0, 0.05) is 51.3 Å². The predicted molar refractivity (Wildman–Crippen MR) is 139 cm³/mol. The minimum atomic E-state index is -0.466. The van der Waals surface area contributed by atoms with E-state index in [4.69, 9.17) is 0 Å². The van der Waals surface area contributed by atoms with Crippen LogP contribution in [0.1, 0.15) is 43.8 Å². The summed E-state index contributed by atoms with van der Waals surface area (Å²) in [6.07, 6.45) is 3.49. The first-order valence-electron chi connectivity index (χ1n) is 10.8. The van der Waals surface area contributed by atoms with Crippen LogP contribution in [0.4, 0.5) is 10.8 Å². The van der Waals surface area contributed by atoms with Crippen molar-refractivity contribution in [3.63, 3.8) is 0 Å². The van der Waals surface area contributed by atoms with Crippen molar-refractivity contribution in [2.24, 2.45) is 0 Å². The number of amides is 3. The van der Waals surface area contributed by atoms with Crippen molar-refractivity contribution in [1.29, 1.82) is 0 Å². The van der Waals surface area contributed by atoms with Gasteiger partial charge in [-0.05, 0) is 48.0 Å². The van der Waals surface area contributed by atoms with Gasteiger partial charge in [0.15, 0.2) is 5.13 Å². The minimum Gasteiger partial charge on any atom is -0.345 e. The maximum absolute atomic E-state index is 13.0. The Balaban J connectivity index is 1.80. The van der Waals surface area contributed by atoms with E-state index in [0.717, 1.165) is 10.4 Å². The third kappa shape index (κ3) is 6.60. The molecule has 0 saturated heterocycles. The minimum absolute atomic E-state index is 0.00584. The zero-order chi connectivity index (χ0) is 26.4. The summed E-state index contributed by atoms with van der Waals surface area (Å²) in [5.41, 5.74) is 2.21. The summed E-state index contributed by atoms with van der Waals surface area (Å²) in [4.78, 5) is 55.2. The fraction of sp³-hybridized carbons (Fsp3) is 0.200. The van der Waals surface area contributed by atoms with E-state index in [1.54, 1.807) is 69.7 Å². The largest absolute Gasteiger partial charge is 0.345 e. The molecule has 0 aliphatic carbocycles. The lowest BCUT2D eigenvalue weighted by molar-refractivity contribution is -0.384. The Morgan fingerprint density at radius 1 is 0.972 bits per heavy atom. The van der Waals surface area contributed by atoms with Crippen molar-refractivity contribution >= 4 is 52.0 Å². The van der Waals surface area contributed by atoms with Gasteiger partial charge in [0.25, 0.3) is 17.5 Å². The Hall–Kier alpha value is -4.38. The van der Waals surface area contributed by atoms with Crippen LogP contribution in [-0.2, 0) is 11.3 Å². The number of nitro groups is 1. The van der Waals surface area contributed by atoms with Crippen LogP contribution >= 0.6 is 11.3 Å². The first-order chi connectivity index (χ1) is 17.0. The van der Waals surface area contributed by atoms with Gasteiger partial charge in [-0.15, -0.1) is 0 Å². The van der Waals surface area contributed by atoms with Crippen LogP contribution in [0.2, 0.25) is 0 Å². The summed E-state index contributed by atoms with van der Waals surface area (Å²) >= 11 is 1.25. The first-order valence-corrected chi connectivity index (χ1v) is 11.6. The number of carbonyl (C=O) groups excluding carboxylic acids is 3. The molecule has 0 fully saturated rings. The fourth-order valence-electron chi connectivity index (χ4n) is 3.21. The van der Waals surface area contributed by atoms with E-state index in [9.17, 15) is 24.5 Å². The van der Waals surface area contributed by atoms with E-state index < -0.39 is 4.92 Å². The molecule has 3 amide bonds. The smallest absolute Gasteiger partial charge is 0.269 e. The average molecular weight is 508 g/mol. The molecule has 11 heteroatoms. The molecule has 0 radical (unpaired) electrons. The molecule has 0 aliphatic rings. The number of carbonyl (C=O) groups is 3. The number of nitro benzene ring substituents is 1. The Morgan fingerprint density at radius 3 is 2.08 bits per heavy atom. The highest BCUT2D eigenvalue weighted by molar-refractivity contribution is 7.16. The summed E-state index contributed by atoms with van der Waals surface area (Å²) in [5.74, 6) is -0.654. The molecular weight excluding hydrogens is 482 g/mol. The van der Waals surface area contributed by atoms with Crippen molar-refractivity contribution in [1.82, 2.24) is 14.8 Å². The predicted octanol–water partition coefficient (Wildman–Crippen LogP) is 4.15. The van der Waals surface area contributed by atoms with Gasteiger partial charge in [0.05, 0.1) is 22.0 Å². The lowest BCUT2D eigenvalue weighted by atomic mass is 10.1. The standard InChI is InChI=1S/C25H25N5O5S/c1-16(31)26-25-27-21(14-7-17-5-12-20(13-6-17)30(34)35)22(36-25)15-29(4)24(33)19-10-8-18(9-11-19)23(32)28(2)3/h5-14H,15H2,1-4H3,(H,26,27,31)/b14-7-. The molecule has 0 atom stereocenters. The molecule has 3 rings (SSSR count). The van der Waals surface area contributed by atoms with Crippen LogP contribution < -0.4 is 5.32 Å². The van der Waals surface area contributed by atoms with E-state index >= 15 is 0 Å². The van der Waals surface area contributed by atoms with Crippen LogP contribution in [0, 0.1) is 10.1 Å². The van der Waals surface area contributed by atoms with E-state index in [1.165, 1.54) is 40.2 Å². The van der Waals surface area contributed by atoms with Crippen LogP contribution in [0.5, 0.6) is 0 Å². The summed E-state index contributed by atoms with van der Waals surface area (Å²) in [5, 5.41) is 13.9. The van der Waals surface area contributed by atoms with Crippen molar-refractivity contribution < 1.29 is 19.3 Å². The monoisotopic (exact) mass is 507 g/mol. The molecule has 10 nitrogen and oxygen atoms in total. The molecule has 2 aromatic carbocycles. The lowest BCUT2D eigenvalue weighted by Crippen LogP contribution is -2.26. The number of thiazole rings is 1. The van der Waals surface area contributed by atoms with Gasteiger partial charge >= 0.3 is 0 Å². The normalized spacial score (nSPS) is 10.8. The number of nitrogens with one attached hydrogen (secondary N) is 1. The summed E-state index contributed by atoms with van der Waals surface area (Å²) < 4.78 is 0. The molecular formula is C25H25N5O5S. The van der Waals surface area contributed by atoms with Crippen molar-refractivity contribution in [3.8, 4) is 0 Å². The Kier molecular flexibility index (Phi) is 8.28. The number of rotatable bonds is 8. The number of hydrogen-bond donors (Lipinski definition) is 1. The number of non-ortho nitro benzene ring substituents is 1. The summed E-state index contributed by atoms with van der Waals surface area (Å²) in [6, 6.07) is 12.5. The molecule has 0 spiro atoms. The maximum Gasteiger partial charge on any atom is 0.269 e. The summed E-state index contributed by atoms with van der Waals surface area (Å²) in [7, 11) is 4.98. The SMILES string of the molecule is CC(=O)Nc1nc(/C=C\c2ccc([N+](=O)[O-])cc2)c(CN(C)C(=O)c2ccc(C(=O)N(C)C)cc2)s1. The number of nitrogens with zero attached hydrogens (tertiary/aromatic N) is 4. The highest BCUT2D eigenvalue weighted by Crippen LogP contribution is 2.27. The summed E-state index contributed by atoms with van der Waals surface area (Å²) in [6.45, 7) is 1.61. The number of benzene rings is 2. The van der Waals surface area contributed by atoms with Gasteiger partial charge in [0.1, 0.15) is 0 Å². The number of hydrogen-bond acceptors (Lipinski definition) is 7. The lowest BCUT2D eigenvalue weighted by Gasteiger charge is -2.17. The van der Waals surface area contributed by atoms with Crippen molar-refractivity contribution in [2.75, 3.05) is 26.5 Å². The van der Waals surface area contributed by atoms with Gasteiger partial charge in [-0.3, -0.25) is 24.5 Å². The Labute approximate surface area is 212 Å². The van der Waals surface area contributed by atoms with Gasteiger partial charge in [0.2, 0.25) is 5.91 Å². The molecule has 3 aromatic rings. The molecule has 1 aromatic heterocycles. The highest BCUT2D eigenvalue weighted by atomic mass is 32.1. The van der Waals surface area contributed by atoms with Crippen LogP contribution in [-0.4, -0.2) is 58.6 Å². The van der Waals surface area contributed by atoms with E-state index in [2.05, 4.69) is 10.3 Å². The third-order valence-corrected chi connectivity index (χ3v) is 6.03. The van der Waals surface area contributed by atoms with Crippen molar-refractivity contribution in [2.45, 2.75) is 13.5 Å².